The summed E-state index contributed by atoms with van der Waals surface area (Å²) in [5.74, 6) is 1.34. The molecule has 0 saturated carbocycles. The highest BCUT2D eigenvalue weighted by atomic mass is 16.5. The van der Waals surface area contributed by atoms with Crippen molar-refractivity contribution in [1.29, 1.82) is 0 Å². The Hall–Kier alpha value is -2.53. The van der Waals surface area contributed by atoms with Crippen LogP contribution in [0.15, 0.2) is 54.6 Å². The lowest BCUT2D eigenvalue weighted by atomic mass is 9.85. The highest BCUT2D eigenvalue weighted by Crippen LogP contribution is 2.39. The summed E-state index contributed by atoms with van der Waals surface area (Å²) < 4.78 is 6.09. The van der Waals surface area contributed by atoms with E-state index in [1.54, 1.807) is 0 Å². The number of hydrogen-bond donors (Lipinski definition) is 0. The molecule has 2 fully saturated rings. The van der Waals surface area contributed by atoms with Crippen molar-refractivity contribution in [2.75, 3.05) is 38.3 Å². The lowest BCUT2D eigenvalue weighted by Crippen LogP contribution is -2.56. The number of likely N-dealkylation sites (N-methyl/N-ethyl adjacent to an activating group) is 1. The monoisotopic (exact) mass is 405 g/mol. The molecule has 0 aromatic heterocycles. The zero-order valence-corrected chi connectivity index (χ0v) is 17.8. The first-order valence-electron chi connectivity index (χ1n) is 11.2. The van der Waals surface area contributed by atoms with Crippen LogP contribution >= 0.6 is 0 Å². The molecule has 0 unspecified atom stereocenters. The van der Waals surface area contributed by atoms with Crippen LogP contribution in [0.4, 0.5) is 5.69 Å². The first kappa shape index (κ1) is 19.4. The third-order valence-electron chi connectivity index (χ3n) is 7.08. The number of anilines is 1. The molecule has 30 heavy (non-hydrogen) atoms. The summed E-state index contributed by atoms with van der Waals surface area (Å²) in [6.45, 7) is 3.73. The standard InChI is InChI=1S/C25H31N3O2/c1-26-19-28(21-9-3-2-4-10-21)25(24(26)29)13-16-27(17-14-25)15-7-11-22-18-20-8-5-6-12-23(20)30-22/h2-6,8-10,12,22H,7,11,13-19H2,1H3/t22-/m1/s1. The van der Waals surface area contributed by atoms with Crippen molar-refractivity contribution in [3.05, 3.63) is 60.2 Å². The number of nitrogens with zero attached hydrogens (tertiary/aromatic N) is 3. The molecule has 5 nitrogen and oxygen atoms in total. The van der Waals surface area contributed by atoms with Crippen molar-refractivity contribution in [1.82, 2.24) is 9.80 Å². The van der Waals surface area contributed by atoms with Crippen LogP contribution in [0.2, 0.25) is 0 Å². The molecular weight excluding hydrogens is 374 g/mol. The van der Waals surface area contributed by atoms with Crippen LogP contribution in [0.1, 0.15) is 31.2 Å². The number of benzene rings is 2. The maximum atomic E-state index is 13.1. The number of amides is 1. The topological polar surface area (TPSA) is 36.0 Å². The molecule has 2 saturated heterocycles. The molecule has 158 valence electrons. The zero-order valence-electron chi connectivity index (χ0n) is 17.8. The average Bonchev–Trinajstić information content (AvgIpc) is 3.30. The quantitative estimate of drug-likeness (QED) is 0.762. The van der Waals surface area contributed by atoms with Gasteiger partial charge in [0.1, 0.15) is 17.4 Å². The van der Waals surface area contributed by atoms with E-state index in [9.17, 15) is 4.79 Å². The second kappa shape index (κ2) is 7.95. The number of hydrogen-bond acceptors (Lipinski definition) is 4. The van der Waals surface area contributed by atoms with Crippen LogP contribution < -0.4 is 9.64 Å². The van der Waals surface area contributed by atoms with Crippen molar-refractivity contribution >= 4 is 11.6 Å². The highest BCUT2D eigenvalue weighted by Gasteiger charge is 2.52. The van der Waals surface area contributed by atoms with E-state index in [1.165, 1.54) is 5.56 Å². The Bertz CT molecular complexity index is 867. The number of carbonyl (C=O) groups is 1. The molecule has 3 aliphatic rings. The average molecular weight is 406 g/mol. The van der Waals surface area contributed by atoms with E-state index < -0.39 is 0 Å². The highest BCUT2D eigenvalue weighted by molar-refractivity contribution is 5.93. The van der Waals surface area contributed by atoms with E-state index in [0.717, 1.165) is 63.2 Å². The first-order chi connectivity index (χ1) is 14.7. The van der Waals surface area contributed by atoms with Crippen LogP contribution in [0.5, 0.6) is 5.75 Å². The fraction of sp³-hybridized carbons (Fsp3) is 0.480. The van der Waals surface area contributed by atoms with Crippen LogP contribution in [-0.2, 0) is 11.2 Å². The van der Waals surface area contributed by atoms with Crippen molar-refractivity contribution in [3.63, 3.8) is 0 Å². The van der Waals surface area contributed by atoms with Gasteiger partial charge < -0.3 is 19.4 Å². The minimum absolute atomic E-state index is 0.281. The van der Waals surface area contributed by atoms with Crippen LogP contribution in [0.3, 0.4) is 0 Å². The molecule has 2 aromatic rings. The minimum Gasteiger partial charge on any atom is -0.490 e. The summed E-state index contributed by atoms with van der Waals surface area (Å²) in [5, 5.41) is 0. The van der Waals surface area contributed by atoms with Gasteiger partial charge in [-0.2, -0.15) is 0 Å². The predicted molar refractivity (Wildman–Crippen MR) is 119 cm³/mol. The van der Waals surface area contributed by atoms with E-state index in [0.29, 0.717) is 12.8 Å². The Morgan fingerprint density at radius 1 is 1.03 bits per heavy atom. The fourth-order valence-electron chi connectivity index (χ4n) is 5.41. The molecule has 3 heterocycles. The van der Waals surface area contributed by atoms with Crippen LogP contribution in [0, 0.1) is 0 Å². The molecule has 5 heteroatoms. The van der Waals surface area contributed by atoms with Gasteiger partial charge in [-0.05, 0) is 56.0 Å². The molecule has 5 rings (SSSR count). The van der Waals surface area contributed by atoms with E-state index in [4.69, 9.17) is 4.74 Å². The van der Waals surface area contributed by atoms with E-state index >= 15 is 0 Å². The van der Waals surface area contributed by atoms with Crippen LogP contribution in [-0.4, -0.2) is 60.7 Å². The second-order valence-corrected chi connectivity index (χ2v) is 8.98. The van der Waals surface area contributed by atoms with E-state index in [-0.39, 0.29) is 11.4 Å². The van der Waals surface area contributed by atoms with Gasteiger partial charge in [-0.15, -0.1) is 0 Å². The number of rotatable bonds is 5. The summed E-state index contributed by atoms with van der Waals surface area (Å²) in [4.78, 5) is 19.9. The summed E-state index contributed by atoms with van der Waals surface area (Å²) in [5.41, 5.74) is 2.12. The van der Waals surface area contributed by atoms with Gasteiger partial charge in [-0.25, -0.2) is 0 Å². The Balaban J connectivity index is 1.15. The fourth-order valence-corrected chi connectivity index (χ4v) is 5.41. The molecule has 3 aliphatic heterocycles. The lowest BCUT2D eigenvalue weighted by Gasteiger charge is -2.43. The minimum atomic E-state index is -0.372. The molecular formula is C25H31N3O2. The van der Waals surface area contributed by atoms with Crippen molar-refractivity contribution in [2.24, 2.45) is 0 Å². The SMILES string of the molecule is CN1CN(c2ccccc2)C2(CCN(CCC[C@@H]3Cc4ccccc4O3)CC2)C1=O. The summed E-state index contributed by atoms with van der Waals surface area (Å²) >= 11 is 0. The number of likely N-dealkylation sites (tertiary alicyclic amines) is 1. The maximum absolute atomic E-state index is 13.1. The van der Waals surface area contributed by atoms with Gasteiger partial charge in [0.25, 0.3) is 0 Å². The number of piperidine rings is 1. The summed E-state index contributed by atoms with van der Waals surface area (Å²) in [6.07, 6.45) is 5.38. The van der Waals surface area contributed by atoms with Crippen molar-refractivity contribution < 1.29 is 9.53 Å². The molecule has 0 bridgehead atoms. The normalized spacial score (nSPS) is 23.1. The maximum Gasteiger partial charge on any atom is 0.249 e. The summed E-state index contributed by atoms with van der Waals surface area (Å²) in [7, 11) is 1.93. The van der Waals surface area contributed by atoms with Crippen LogP contribution in [0.25, 0.3) is 0 Å². The first-order valence-corrected chi connectivity index (χ1v) is 11.2. The lowest BCUT2D eigenvalue weighted by molar-refractivity contribution is -0.132. The third-order valence-corrected chi connectivity index (χ3v) is 7.08. The molecule has 2 aromatic carbocycles. The Morgan fingerprint density at radius 2 is 1.77 bits per heavy atom. The Kier molecular flexibility index (Phi) is 5.15. The van der Waals surface area contributed by atoms with Gasteiger partial charge >= 0.3 is 0 Å². The van der Waals surface area contributed by atoms with Gasteiger partial charge in [0.2, 0.25) is 5.91 Å². The van der Waals surface area contributed by atoms with Gasteiger partial charge in [0.15, 0.2) is 0 Å². The number of ether oxygens (including phenoxy) is 1. The zero-order chi connectivity index (χ0) is 20.6. The Morgan fingerprint density at radius 3 is 2.53 bits per heavy atom. The molecule has 1 amide bonds. The van der Waals surface area contributed by atoms with Gasteiger partial charge in [-0.1, -0.05) is 36.4 Å². The van der Waals surface area contributed by atoms with E-state index in [2.05, 4.69) is 52.3 Å². The smallest absolute Gasteiger partial charge is 0.249 e. The molecule has 1 spiro atoms. The van der Waals surface area contributed by atoms with E-state index in [1.807, 2.05) is 24.1 Å². The molecule has 0 radical (unpaired) electrons. The van der Waals surface area contributed by atoms with Gasteiger partial charge in [0, 0.05) is 32.2 Å². The second-order valence-electron chi connectivity index (χ2n) is 8.98. The number of carbonyl (C=O) groups excluding carboxylic acids is 1. The molecule has 0 aliphatic carbocycles. The van der Waals surface area contributed by atoms with Gasteiger partial charge in [-0.3, -0.25) is 4.79 Å². The van der Waals surface area contributed by atoms with Crippen molar-refractivity contribution in [2.45, 2.75) is 43.7 Å². The molecule has 0 N–H and O–H groups in total. The summed E-state index contributed by atoms with van der Waals surface area (Å²) in [6, 6.07) is 18.8. The van der Waals surface area contributed by atoms with Gasteiger partial charge in [0.05, 0.1) is 6.67 Å². The number of fused-ring (bicyclic) bond motifs is 1. The predicted octanol–water partition coefficient (Wildman–Crippen LogP) is 3.54. The number of para-hydroxylation sites is 2. The third kappa shape index (κ3) is 3.45. The largest absolute Gasteiger partial charge is 0.490 e. The molecule has 1 atom stereocenters. The Labute approximate surface area is 179 Å². The van der Waals surface area contributed by atoms with Crippen molar-refractivity contribution in [3.8, 4) is 5.75 Å².